The molecule has 0 bridgehead atoms. The van der Waals surface area contributed by atoms with Crippen LogP contribution in [0, 0.1) is 10.1 Å². The maximum Gasteiger partial charge on any atom is 0.342 e. The molecule has 0 aliphatic carbocycles. The van der Waals surface area contributed by atoms with Crippen LogP contribution in [0.4, 0.5) is 5.69 Å². The van der Waals surface area contributed by atoms with Gasteiger partial charge in [0.1, 0.15) is 0 Å². The van der Waals surface area contributed by atoms with Gasteiger partial charge in [-0.15, -0.1) is 0 Å². The van der Waals surface area contributed by atoms with Gasteiger partial charge in [0.15, 0.2) is 5.78 Å². The minimum absolute atomic E-state index is 0.0136. The van der Waals surface area contributed by atoms with Gasteiger partial charge in [0.25, 0.3) is 5.69 Å². The normalized spacial score (nSPS) is 16.7. The summed E-state index contributed by atoms with van der Waals surface area (Å²) in [6.45, 7) is 3.22. The number of ketones is 1. The number of rotatable bonds is 8. The molecule has 0 spiro atoms. The second-order valence-electron chi connectivity index (χ2n) is 6.97. The van der Waals surface area contributed by atoms with E-state index in [1.54, 1.807) is 44.2 Å². The summed E-state index contributed by atoms with van der Waals surface area (Å²) in [5, 5.41) is 13.9. The number of Topliss-reactive ketones (excluding diaryl/α,β-unsaturated/α-hetero) is 1. The van der Waals surface area contributed by atoms with E-state index in [0.717, 1.165) is 0 Å². The van der Waals surface area contributed by atoms with E-state index in [9.17, 15) is 24.5 Å². The van der Waals surface area contributed by atoms with Crippen LogP contribution in [0.15, 0.2) is 66.2 Å². The fourth-order valence-corrected chi connectivity index (χ4v) is 3.48. The van der Waals surface area contributed by atoms with Crippen LogP contribution in [0.5, 0.6) is 0 Å². The molecule has 2 aromatic carbocycles. The molecule has 1 aliphatic rings. The van der Waals surface area contributed by atoms with Crippen molar-refractivity contribution in [2.45, 2.75) is 25.4 Å². The maximum atomic E-state index is 13.3. The third-order valence-corrected chi connectivity index (χ3v) is 4.99. The molecule has 9 nitrogen and oxygen atoms in total. The molecule has 1 aliphatic heterocycles. The van der Waals surface area contributed by atoms with Crippen molar-refractivity contribution in [3.63, 3.8) is 0 Å². The van der Waals surface area contributed by atoms with Crippen molar-refractivity contribution in [3.8, 4) is 0 Å². The average Bonchev–Trinajstić information content (AvgIpc) is 3.22. The Morgan fingerprint density at radius 3 is 2.03 bits per heavy atom. The average molecular weight is 438 g/mol. The number of hydrogen-bond donors (Lipinski definition) is 1. The number of nitrogens with zero attached hydrogens (tertiary/aromatic N) is 1. The van der Waals surface area contributed by atoms with Crippen molar-refractivity contribution in [3.05, 3.63) is 87.5 Å². The smallest absolute Gasteiger partial charge is 0.342 e. The first-order valence-corrected chi connectivity index (χ1v) is 10.0. The Hall–Kier alpha value is -3.85. The molecule has 1 heterocycles. The van der Waals surface area contributed by atoms with Gasteiger partial charge in [-0.3, -0.25) is 20.2 Å². The largest absolute Gasteiger partial charge is 0.464 e. The summed E-state index contributed by atoms with van der Waals surface area (Å²) in [6.07, 6.45) is 1.24. The predicted molar refractivity (Wildman–Crippen MR) is 114 cm³/mol. The van der Waals surface area contributed by atoms with Crippen molar-refractivity contribution in [2.24, 2.45) is 0 Å². The van der Waals surface area contributed by atoms with E-state index < -0.39 is 34.2 Å². The Morgan fingerprint density at radius 2 is 1.53 bits per heavy atom. The van der Waals surface area contributed by atoms with Gasteiger partial charge in [-0.05, 0) is 25.5 Å². The summed E-state index contributed by atoms with van der Waals surface area (Å²) in [7, 11) is 0. The number of non-ortho nitro benzene ring substituents is 1. The first-order valence-electron chi connectivity index (χ1n) is 10.0. The minimum atomic E-state index is -2.03. The summed E-state index contributed by atoms with van der Waals surface area (Å²) in [6, 6.07) is 13.0. The van der Waals surface area contributed by atoms with Gasteiger partial charge < -0.3 is 9.47 Å². The van der Waals surface area contributed by atoms with E-state index in [4.69, 9.17) is 9.47 Å². The number of benzene rings is 2. The first-order chi connectivity index (χ1) is 15.3. The van der Waals surface area contributed by atoms with Crippen LogP contribution in [0.3, 0.4) is 0 Å². The lowest BCUT2D eigenvalue weighted by Gasteiger charge is -2.26. The zero-order valence-electron chi connectivity index (χ0n) is 17.6. The van der Waals surface area contributed by atoms with E-state index in [0.29, 0.717) is 11.1 Å². The van der Waals surface area contributed by atoms with Crippen LogP contribution in [-0.2, 0) is 19.1 Å². The zero-order chi connectivity index (χ0) is 23.3. The Bertz CT molecular complexity index is 1040. The SMILES string of the molecule is CCOC(=O)C1(C(=O)OCC)C=C(C(=O)c2ccccc2)[C@H](c2ccc([N+](=O)[O-])cc2)N1. The van der Waals surface area contributed by atoms with Crippen LogP contribution < -0.4 is 5.32 Å². The summed E-state index contributed by atoms with van der Waals surface area (Å²) in [5.74, 6) is -2.21. The molecule has 1 atom stereocenters. The van der Waals surface area contributed by atoms with E-state index in [1.165, 1.54) is 30.3 Å². The molecule has 0 radical (unpaired) electrons. The van der Waals surface area contributed by atoms with Crippen LogP contribution in [0.2, 0.25) is 0 Å². The number of nitro groups is 1. The highest BCUT2D eigenvalue weighted by molar-refractivity contribution is 6.15. The highest BCUT2D eigenvalue weighted by Crippen LogP contribution is 2.37. The van der Waals surface area contributed by atoms with Crippen LogP contribution in [0.25, 0.3) is 0 Å². The van der Waals surface area contributed by atoms with Crippen LogP contribution >= 0.6 is 0 Å². The van der Waals surface area contributed by atoms with Crippen molar-refractivity contribution in [2.75, 3.05) is 13.2 Å². The topological polar surface area (TPSA) is 125 Å². The molecule has 0 fully saturated rings. The Labute approximate surface area is 184 Å². The van der Waals surface area contributed by atoms with Gasteiger partial charge in [0.05, 0.1) is 24.2 Å². The van der Waals surface area contributed by atoms with E-state index >= 15 is 0 Å². The quantitative estimate of drug-likeness (QED) is 0.219. The molecular formula is C23H22N2O7. The molecule has 166 valence electrons. The van der Waals surface area contributed by atoms with E-state index in [-0.39, 0.29) is 24.5 Å². The first kappa shape index (κ1) is 22.8. The second-order valence-corrected chi connectivity index (χ2v) is 6.97. The van der Waals surface area contributed by atoms with Gasteiger partial charge in [-0.1, -0.05) is 42.5 Å². The van der Waals surface area contributed by atoms with Crippen molar-refractivity contribution < 1.29 is 28.8 Å². The molecule has 0 amide bonds. The lowest BCUT2D eigenvalue weighted by molar-refractivity contribution is -0.384. The number of carbonyl (C=O) groups excluding carboxylic acids is 3. The van der Waals surface area contributed by atoms with Gasteiger partial charge in [-0.2, -0.15) is 0 Å². The molecule has 0 aromatic heterocycles. The molecule has 1 N–H and O–H groups in total. The Kier molecular flexibility index (Phi) is 6.79. The third kappa shape index (κ3) is 4.28. The lowest BCUT2D eigenvalue weighted by Crippen LogP contribution is -2.56. The molecule has 32 heavy (non-hydrogen) atoms. The Morgan fingerprint density at radius 1 is 0.969 bits per heavy atom. The number of hydrogen-bond acceptors (Lipinski definition) is 8. The fourth-order valence-electron chi connectivity index (χ4n) is 3.48. The van der Waals surface area contributed by atoms with Crippen molar-refractivity contribution >= 4 is 23.4 Å². The number of carbonyl (C=O) groups is 3. The standard InChI is InChI=1S/C23H22N2O7/c1-3-31-21(27)23(22(28)32-4-2)14-18(20(26)16-8-6-5-7-9-16)19(24-23)15-10-12-17(13-11-15)25(29)30/h5-14,19,24H,3-4H2,1-2H3/t19-/m0/s1. The van der Waals surface area contributed by atoms with Crippen LogP contribution in [-0.4, -0.2) is 41.4 Å². The summed E-state index contributed by atoms with van der Waals surface area (Å²) < 4.78 is 10.2. The molecule has 0 saturated carbocycles. The highest BCUT2D eigenvalue weighted by atomic mass is 16.6. The molecule has 0 unspecified atom stereocenters. The predicted octanol–water partition coefficient (Wildman–Crippen LogP) is 2.91. The summed E-state index contributed by atoms with van der Waals surface area (Å²) in [4.78, 5) is 49.6. The number of ether oxygens (including phenoxy) is 2. The van der Waals surface area contributed by atoms with Crippen LogP contribution in [0.1, 0.15) is 35.8 Å². The minimum Gasteiger partial charge on any atom is -0.464 e. The summed E-state index contributed by atoms with van der Waals surface area (Å²) in [5.41, 5.74) is -1.21. The highest BCUT2D eigenvalue weighted by Gasteiger charge is 2.54. The second kappa shape index (κ2) is 9.52. The monoisotopic (exact) mass is 438 g/mol. The summed E-state index contributed by atoms with van der Waals surface area (Å²) >= 11 is 0. The fraction of sp³-hybridized carbons (Fsp3) is 0.261. The van der Waals surface area contributed by atoms with E-state index in [2.05, 4.69) is 5.32 Å². The third-order valence-electron chi connectivity index (χ3n) is 4.99. The number of esters is 2. The molecule has 9 heteroatoms. The zero-order valence-corrected chi connectivity index (χ0v) is 17.6. The van der Waals surface area contributed by atoms with Gasteiger partial charge in [0, 0.05) is 23.3 Å². The van der Waals surface area contributed by atoms with Gasteiger partial charge in [-0.25, -0.2) is 9.59 Å². The number of nitro benzene ring substituents is 1. The molecule has 0 saturated heterocycles. The molecular weight excluding hydrogens is 416 g/mol. The van der Waals surface area contributed by atoms with Crippen molar-refractivity contribution in [1.82, 2.24) is 5.32 Å². The lowest BCUT2D eigenvalue weighted by atomic mass is 9.93. The number of nitrogens with one attached hydrogen (secondary N) is 1. The maximum absolute atomic E-state index is 13.3. The van der Waals surface area contributed by atoms with Gasteiger partial charge >= 0.3 is 11.9 Å². The molecule has 2 aromatic rings. The van der Waals surface area contributed by atoms with Gasteiger partial charge in [0.2, 0.25) is 5.54 Å². The molecule has 3 rings (SSSR count). The van der Waals surface area contributed by atoms with E-state index in [1.807, 2.05) is 0 Å². The van der Waals surface area contributed by atoms with Crippen molar-refractivity contribution in [1.29, 1.82) is 0 Å². The Balaban J connectivity index is 2.13.